The first-order chi connectivity index (χ1) is 7.24. The molecular weight excluding hydrogens is 190 g/mol. The van der Waals surface area contributed by atoms with E-state index in [1.54, 1.807) is 0 Å². The zero-order valence-corrected chi connectivity index (χ0v) is 10.3. The highest BCUT2D eigenvalue weighted by atomic mass is 16.6. The lowest BCUT2D eigenvalue weighted by molar-refractivity contribution is -0.102. The SMILES string of the molecule is CNC(CCCC(C)C)C1COCCO1. The maximum Gasteiger partial charge on any atom is 0.0961 e. The lowest BCUT2D eigenvalue weighted by Gasteiger charge is -2.30. The summed E-state index contributed by atoms with van der Waals surface area (Å²) in [7, 11) is 2.01. The Morgan fingerprint density at radius 3 is 2.60 bits per heavy atom. The molecule has 0 radical (unpaired) electrons. The molecule has 0 aromatic rings. The van der Waals surface area contributed by atoms with Gasteiger partial charge in [0, 0.05) is 6.04 Å². The minimum atomic E-state index is 0.246. The molecule has 0 aromatic carbocycles. The van der Waals surface area contributed by atoms with Crippen molar-refractivity contribution < 1.29 is 9.47 Å². The van der Waals surface area contributed by atoms with E-state index in [9.17, 15) is 0 Å². The van der Waals surface area contributed by atoms with E-state index >= 15 is 0 Å². The molecule has 2 unspecified atom stereocenters. The first-order valence-corrected chi connectivity index (χ1v) is 6.10. The quantitative estimate of drug-likeness (QED) is 0.733. The zero-order valence-electron chi connectivity index (χ0n) is 10.3. The van der Waals surface area contributed by atoms with Gasteiger partial charge < -0.3 is 14.8 Å². The van der Waals surface area contributed by atoms with Gasteiger partial charge in [-0.2, -0.15) is 0 Å². The number of likely N-dealkylation sites (N-methyl/N-ethyl adjacent to an activating group) is 1. The first kappa shape index (κ1) is 12.9. The summed E-state index contributed by atoms with van der Waals surface area (Å²) in [6, 6.07) is 0.448. The van der Waals surface area contributed by atoms with Gasteiger partial charge in [-0.3, -0.25) is 0 Å². The van der Waals surface area contributed by atoms with E-state index in [0.29, 0.717) is 6.04 Å². The molecule has 1 aliphatic rings. The Morgan fingerprint density at radius 2 is 2.07 bits per heavy atom. The van der Waals surface area contributed by atoms with E-state index in [1.165, 1.54) is 19.3 Å². The summed E-state index contributed by atoms with van der Waals surface area (Å²) in [6.07, 6.45) is 3.99. The molecule has 1 aliphatic heterocycles. The maximum atomic E-state index is 5.70. The van der Waals surface area contributed by atoms with Crippen molar-refractivity contribution in [1.29, 1.82) is 0 Å². The van der Waals surface area contributed by atoms with Gasteiger partial charge >= 0.3 is 0 Å². The summed E-state index contributed by atoms with van der Waals surface area (Å²) in [5, 5.41) is 3.34. The van der Waals surface area contributed by atoms with Crippen molar-refractivity contribution in [3.63, 3.8) is 0 Å². The Labute approximate surface area is 93.5 Å². The number of rotatable bonds is 6. The van der Waals surface area contributed by atoms with E-state index in [0.717, 1.165) is 25.7 Å². The van der Waals surface area contributed by atoms with Gasteiger partial charge in [0.1, 0.15) is 0 Å². The van der Waals surface area contributed by atoms with Crippen LogP contribution in [0.2, 0.25) is 0 Å². The molecule has 0 aromatic heterocycles. The number of hydrogen-bond acceptors (Lipinski definition) is 3. The van der Waals surface area contributed by atoms with Crippen LogP contribution in [0.25, 0.3) is 0 Å². The van der Waals surface area contributed by atoms with Crippen molar-refractivity contribution in [2.75, 3.05) is 26.9 Å². The van der Waals surface area contributed by atoms with Gasteiger partial charge in [0.15, 0.2) is 0 Å². The van der Waals surface area contributed by atoms with Crippen molar-refractivity contribution in [3.8, 4) is 0 Å². The first-order valence-electron chi connectivity index (χ1n) is 6.10. The average molecular weight is 215 g/mol. The number of ether oxygens (including phenoxy) is 2. The standard InChI is InChI=1S/C12H25NO2/c1-10(2)5-4-6-11(13-3)12-9-14-7-8-15-12/h10-13H,4-9H2,1-3H3. The summed E-state index contributed by atoms with van der Waals surface area (Å²) in [6.45, 7) is 6.78. The molecule has 1 rings (SSSR count). The molecule has 2 atom stereocenters. The van der Waals surface area contributed by atoms with Gasteiger partial charge in [-0.05, 0) is 19.4 Å². The van der Waals surface area contributed by atoms with Crippen molar-refractivity contribution >= 4 is 0 Å². The highest BCUT2D eigenvalue weighted by molar-refractivity contribution is 4.77. The second-order valence-corrected chi connectivity index (χ2v) is 4.70. The van der Waals surface area contributed by atoms with E-state index in [4.69, 9.17) is 9.47 Å². The van der Waals surface area contributed by atoms with Crippen LogP contribution >= 0.6 is 0 Å². The fraction of sp³-hybridized carbons (Fsp3) is 1.00. The molecule has 3 nitrogen and oxygen atoms in total. The Bertz CT molecular complexity index is 156. The van der Waals surface area contributed by atoms with Crippen LogP contribution in [0.15, 0.2) is 0 Å². The van der Waals surface area contributed by atoms with Crippen molar-refractivity contribution in [1.82, 2.24) is 5.32 Å². The summed E-state index contributed by atoms with van der Waals surface area (Å²) in [5.74, 6) is 0.797. The van der Waals surface area contributed by atoms with Gasteiger partial charge in [0.25, 0.3) is 0 Å². The van der Waals surface area contributed by atoms with Crippen molar-refractivity contribution in [2.45, 2.75) is 45.3 Å². The van der Waals surface area contributed by atoms with Crippen LogP contribution in [-0.4, -0.2) is 39.0 Å². The molecule has 0 bridgehead atoms. The average Bonchev–Trinajstić information content (AvgIpc) is 2.25. The lowest BCUT2D eigenvalue weighted by atomic mass is 10.00. The van der Waals surface area contributed by atoms with Crippen LogP contribution < -0.4 is 5.32 Å². The molecule has 0 aliphatic carbocycles. The third-order valence-corrected chi connectivity index (χ3v) is 2.96. The van der Waals surface area contributed by atoms with E-state index in [1.807, 2.05) is 7.05 Å². The number of hydrogen-bond donors (Lipinski definition) is 1. The van der Waals surface area contributed by atoms with E-state index < -0.39 is 0 Å². The minimum Gasteiger partial charge on any atom is -0.376 e. The predicted molar refractivity (Wildman–Crippen MR) is 62.1 cm³/mol. The largest absolute Gasteiger partial charge is 0.376 e. The topological polar surface area (TPSA) is 30.5 Å². The molecular formula is C12H25NO2. The van der Waals surface area contributed by atoms with E-state index in [2.05, 4.69) is 19.2 Å². The third kappa shape index (κ3) is 4.96. The van der Waals surface area contributed by atoms with Crippen LogP contribution in [0, 0.1) is 5.92 Å². The monoisotopic (exact) mass is 215 g/mol. The Kier molecular flexibility index (Phi) is 6.22. The van der Waals surface area contributed by atoms with Crippen LogP contribution in [0.5, 0.6) is 0 Å². The molecule has 1 N–H and O–H groups in total. The Balaban J connectivity index is 2.21. The fourth-order valence-electron chi connectivity index (χ4n) is 2.00. The summed E-state index contributed by atoms with van der Waals surface area (Å²) >= 11 is 0. The molecule has 1 fully saturated rings. The molecule has 1 saturated heterocycles. The fourth-order valence-corrected chi connectivity index (χ4v) is 2.00. The second kappa shape index (κ2) is 7.20. The van der Waals surface area contributed by atoms with Crippen LogP contribution in [-0.2, 0) is 9.47 Å². The summed E-state index contributed by atoms with van der Waals surface area (Å²) in [5.41, 5.74) is 0. The smallest absolute Gasteiger partial charge is 0.0961 e. The maximum absolute atomic E-state index is 5.70. The summed E-state index contributed by atoms with van der Waals surface area (Å²) in [4.78, 5) is 0. The van der Waals surface area contributed by atoms with Crippen LogP contribution in [0.1, 0.15) is 33.1 Å². The van der Waals surface area contributed by atoms with Crippen LogP contribution in [0.4, 0.5) is 0 Å². The van der Waals surface area contributed by atoms with Gasteiger partial charge in [0.05, 0.1) is 25.9 Å². The lowest BCUT2D eigenvalue weighted by Crippen LogP contribution is -2.45. The van der Waals surface area contributed by atoms with Gasteiger partial charge in [-0.15, -0.1) is 0 Å². The molecule has 15 heavy (non-hydrogen) atoms. The molecule has 90 valence electrons. The number of nitrogens with one attached hydrogen (secondary N) is 1. The Morgan fingerprint density at radius 1 is 1.27 bits per heavy atom. The third-order valence-electron chi connectivity index (χ3n) is 2.96. The van der Waals surface area contributed by atoms with Gasteiger partial charge in [-0.1, -0.05) is 26.7 Å². The van der Waals surface area contributed by atoms with Crippen molar-refractivity contribution in [3.05, 3.63) is 0 Å². The molecule has 3 heteroatoms. The molecule has 0 spiro atoms. The van der Waals surface area contributed by atoms with Crippen molar-refractivity contribution in [2.24, 2.45) is 5.92 Å². The normalized spacial score (nSPS) is 24.4. The zero-order chi connectivity index (χ0) is 11.1. The van der Waals surface area contributed by atoms with Gasteiger partial charge in [-0.25, -0.2) is 0 Å². The van der Waals surface area contributed by atoms with Crippen LogP contribution in [0.3, 0.4) is 0 Å². The summed E-state index contributed by atoms with van der Waals surface area (Å²) < 4.78 is 11.1. The second-order valence-electron chi connectivity index (χ2n) is 4.70. The minimum absolute atomic E-state index is 0.246. The van der Waals surface area contributed by atoms with Gasteiger partial charge in [0.2, 0.25) is 0 Å². The molecule has 0 amide bonds. The molecule has 1 heterocycles. The highest BCUT2D eigenvalue weighted by Crippen LogP contribution is 2.14. The van der Waals surface area contributed by atoms with E-state index in [-0.39, 0.29) is 6.10 Å². The molecule has 0 saturated carbocycles. The Hall–Kier alpha value is -0.120. The predicted octanol–water partition coefficient (Wildman–Crippen LogP) is 1.82. The highest BCUT2D eigenvalue weighted by Gasteiger charge is 2.23.